The number of aliphatic imine (C=N–C) groups is 1. The highest BCUT2D eigenvalue weighted by molar-refractivity contribution is 5.81. The fourth-order valence-electron chi connectivity index (χ4n) is 4.19. The fraction of sp³-hybridized carbons (Fsp3) is 0.929. The molecule has 4 aliphatic rings. The molecular formula is C14H23N3O. The maximum Gasteiger partial charge on any atom is 0.191 e. The highest BCUT2D eigenvalue weighted by atomic mass is 16.5. The van der Waals surface area contributed by atoms with Crippen LogP contribution in [0.2, 0.25) is 0 Å². The lowest BCUT2D eigenvalue weighted by Crippen LogP contribution is -2.72. The topological polar surface area (TPSA) is 45.7 Å². The number of guanidine groups is 1. The van der Waals surface area contributed by atoms with Gasteiger partial charge in [0.2, 0.25) is 0 Å². The highest BCUT2D eigenvalue weighted by Gasteiger charge is 2.66. The number of fused-ring (bicyclic) bond motifs is 2. The van der Waals surface area contributed by atoms with E-state index < -0.39 is 0 Å². The molecule has 4 heteroatoms. The summed E-state index contributed by atoms with van der Waals surface area (Å²) >= 11 is 0. The monoisotopic (exact) mass is 249 g/mol. The predicted molar refractivity (Wildman–Crippen MR) is 70.6 cm³/mol. The average Bonchev–Trinajstić information content (AvgIpc) is 3.02. The number of rotatable bonds is 2. The molecule has 0 aromatic carbocycles. The molecule has 4 nitrogen and oxygen atoms in total. The van der Waals surface area contributed by atoms with E-state index in [0.717, 1.165) is 18.5 Å². The number of hydrogen-bond donors (Lipinski definition) is 2. The Balaban J connectivity index is 1.46. The van der Waals surface area contributed by atoms with Crippen molar-refractivity contribution in [1.29, 1.82) is 0 Å². The summed E-state index contributed by atoms with van der Waals surface area (Å²) in [5, 5.41) is 7.20. The Kier molecular flexibility index (Phi) is 2.38. The maximum absolute atomic E-state index is 5.95. The second kappa shape index (κ2) is 3.86. The zero-order valence-electron chi connectivity index (χ0n) is 11.1. The van der Waals surface area contributed by atoms with Crippen molar-refractivity contribution >= 4 is 5.96 Å². The van der Waals surface area contributed by atoms with Crippen LogP contribution in [0.25, 0.3) is 0 Å². The summed E-state index contributed by atoms with van der Waals surface area (Å²) in [6, 6.07) is 1.27. The van der Waals surface area contributed by atoms with Crippen LogP contribution in [0.1, 0.15) is 38.5 Å². The lowest BCUT2D eigenvalue weighted by Gasteiger charge is -2.63. The summed E-state index contributed by atoms with van der Waals surface area (Å²) in [6.07, 6.45) is 8.42. The van der Waals surface area contributed by atoms with E-state index in [2.05, 4.69) is 15.6 Å². The molecule has 1 heterocycles. The lowest BCUT2D eigenvalue weighted by atomic mass is 9.46. The molecule has 0 radical (unpaired) electrons. The van der Waals surface area contributed by atoms with Crippen molar-refractivity contribution in [3.8, 4) is 0 Å². The number of nitrogens with zero attached hydrogens (tertiary/aromatic N) is 1. The van der Waals surface area contributed by atoms with E-state index in [9.17, 15) is 0 Å². The third-order valence-electron chi connectivity index (χ3n) is 5.47. The van der Waals surface area contributed by atoms with Gasteiger partial charge in [0.25, 0.3) is 0 Å². The summed E-state index contributed by atoms with van der Waals surface area (Å²) < 4.78 is 5.95. The highest BCUT2D eigenvalue weighted by Crippen LogP contribution is 2.62. The minimum Gasteiger partial charge on any atom is -0.377 e. The van der Waals surface area contributed by atoms with Gasteiger partial charge in [-0.25, -0.2) is 0 Å². The Hall–Kier alpha value is -0.770. The van der Waals surface area contributed by atoms with E-state index in [-0.39, 0.29) is 0 Å². The Morgan fingerprint density at radius 2 is 2.06 bits per heavy atom. The second-order valence-electron chi connectivity index (χ2n) is 6.44. The van der Waals surface area contributed by atoms with Gasteiger partial charge in [0.05, 0.1) is 6.10 Å². The molecule has 2 N–H and O–H groups in total. The van der Waals surface area contributed by atoms with Gasteiger partial charge in [-0.15, -0.1) is 0 Å². The summed E-state index contributed by atoms with van der Waals surface area (Å²) in [4.78, 5) is 4.38. The first-order chi connectivity index (χ1) is 8.83. The minimum atomic E-state index is 0.447. The van der Waals surface area contributed by atoms with Crippen molar-refractivity contribution in [2.75, 3.05) is 13.7 Å². The third-order valence-corrected chi connectivity index (χ3v) is 5.47. The Labute approximate surface area is 109 Å². The van der Waals surface area contributed by atoms with Gasteiger partial charge in [0.1, 0.15) is 0 Å². The molecule has 3 atom stereocenters. The van der Waals surface area contributed by atoms with E-state index >= 15 is 0 Å². The van der Waals surface area contributed by atoms with Crippen LogP contribution < -0.4 is 10.6 Å². The zero-order valence-corrected chi connectivity index (χ0v) is 11.1. The van der Waals surface area contributed by atoms with Gasteiger partial charge in [0, 0.05) is 37.1 Å². The first-order valence-electron chi connectivity index (χ1n) is 7.45. The van der Waals surface area contributed by atoms with Gasteiger partial charge in [-0.2, -0.15) is 0 Å². The molecule has 3 aliphatic carbocycles. The molecule has 0 bridgehead atoms. The lowest BCUT2D eigenvalue weighted by molar-refractivity contribution is -0.171. The predicted octanol–water partition coefficient (Wildman–Crippen LogP) is 1.27. The van der Waals surface area contributed by atoms with E-state index in [1.54, 1.807) is 0 Å². The van der Waals surface area contributed by atoms with Gasteiger partial charge in [-0.1, -0.05) is 6.42 Å². The molecule has 1 spiro atoms. The molecule has 1 saturated heterocycles. The largest absolute Gasteiger partial charge is 0.377 e. The normalized spacial score (nSPS) is 40.9. The van der Waals surface area contributed by atoms with Crippen LogP contribution in [-0.4, -0.2) is 37.8 Å². The standard InChI is InChI=1S/C14H23N3O/c1-15-13(16-9-3-4-9)17-11-10-5-8-18-12(10)14(11)6-2-7-14/h9-12H,2-8H2,1H3,(H2,15,16,17). The molecule has 4 rings (SSSR count). The van der Waals surface area contributed by atoms with Crippen LogP contribution >= 0.6 is 0 Å². The van der Waals surface area contributed by atoms with Gasteiger partial charge in [-0.3, -0.25) is 4.99 Å². The van der Waals surface area contributed by atoms with E-state index in [4.69, 9.17) is 4.74 Å². The van der Waals surface area contributed by atoms with Crippen molar-refractivity contribution < 1.29 is 4.74 Å². The molecule has 4 fully saturated rings. The third kappa shape index (κ3) is 1.44. The maximum atomic E-state index is 5.95. The summed E-state index contributed by atoms with van der Waals surface area (Å²) in [5.41, 5.74) is 0.447. The summed E-state index contributed by atoms with van der Waals surface area (Å²) in [7, 11) is 1.88. The molecule has 3 saturated carbocycles. The summed E-state index contributed by atoms with van der Waals surface area (Å²) in [5.74, 6) is 1.74. The molecule has 0 amide bonds. The first kappa shape index (κ1) is 11.1. The molecule has 100 valence electrons. The van der Waals surface area contributed by atoms with Crippen LogP contribution in [0, 0.1) is 11.3 Å². The number of nitrogens with one attached hydrogen (secondary N) is 2. The Morgan fingerprint density at radius 1 is 1.22 bits per heavy atom. The van der Waals surface area contributed by atoms with Crippen molar-refractivity contribution in [3.63, 3.8) is 0 Å². The number of hydrogen-bond acceptors (Lipinski definition) is 2. The van der Waals surface area contributed by atoms with Crippen LogP contribution in [0.5, 0.6) is 0 Å². The van der Waals surface area contributed by atoms with E-state index in [1.807, 2.05) is 7.05 Å². The molecule has 3 unspecified atom stereocenters. The van der Waals surface area contributed by atoms with E-state index in [0.29, 0.717) is 23.6 Å². The molecule has 18 heavy (non-hydrogen) atoms. The molecular weight excluding hydrogens is 226 g/mol. The van der Waals surface area contributed by atoms with Gasteiger partial charge in [0.15, 0.2) is 5.96 Å². The SMILES string of the molecule is CN=C(NC1CC1)NC1C2CCOC2C12CCC2. The quantitative estimate of drug-likeness (QED) is 0.572. The molecule has 0 aromatic rings. The van der Waals surface area contributed by atoms with Gasteiger partial charge >= 0.3 is 0 Å². The van der Waals surface area contributed by atoms with E-state index in [1.165, 1.54) is 38.5 Å². The first-order valence-corrected chi connectivity index (χ1v) is 7.45. The van der Waals surface area contributed by atoms with Crippen molar-refractivity contribution in [2.24, 2.45) is 16.3 Å². The fourth-order valence-corrected chi connectivity index (χ4v) is 4.19. The Bertz CT molecular complexity index is 373. The summed E-state index contributed by atoms with van der Waals surface area (Å²) in [6.45, 7) is 0.962. The van der Waals surface area contributed by atoms with Gasteiger partial charge in [-0.05, 0) is 32.1 Å². The minimum absolute atomic E-state index is 0.447. The smallest absolute Gasteiger partial charge is 0.191 e. The second-order valence-corrected chi connectivity index (χ2v) is 6.44. The average molecular weight is 249 g/mol. The van der Waals surface area contributed by atoms with Crippen LogP contribution in [0.3, 0.4) is 0 Å². The molecule has 1 aliphatic heterocycles. The van der Waals surface area contributed by atoms with Crippen molar-refractivity contribution in [3.05, 3.63) is 0 Å². The van der Waals surface area contributed by atoms with Crippen molar-refractivity contribution in [2.45, 2.75) is 56.7 Å². The zero-order chi connectivity index (χ0) is 12.2. The van der Waals surface area contributed by atoms with Crippen LogP contribution in [-0.2, 0) is 4.74 Å². The van der Waals surface area contributed by atoms with Crippen molar-refractivity contribution in [1.82, 2.24) is 10.6 Å². The Morgan fingerprint density at radius 3 is 2.67 bits per heavy atom. The number of ether oxygens (including phenoxy) is 1. The molecule has 0 aromatic heterocycles. The van der Waals surface area contributed by atoms with Crippen LogP contribution in [0.15, 0.2) is 4.99 Å². The van der Waals surface area contributed by atoms with Gasteiger partial charge < -0.3 is 15.4 Å². The van der Waals surface area contributed by atoms with Crippen LogP contribution in [0.4, 0.5) is 0 Å².